The van der Waals surface area contributed by atoms with E-state index in [-0.39, 0.29) is 11.3 Å². The van der Waals surface area contributed by atoms with Crippen LogP contribution in [0.25, 0.3) is 0 Å². The molecule has 0 radical (unpaired) electrons. The molecule has 4 atom stereocenters. The summed E-state index contributed by atoms with van der Waals surface area (Å²) in [5, 5.41) is 9.83. The summed E-state index contributed by atoms with van der Waals surface area (Å²) in [6.45, 7) is 8.93. The first-order chi connectivity index (χ1) is 10.3. The summed E-state index contributed by atoms with van der Waals surface area (Å²) in [6, 6.07) is 0. The fourth-order valence-electron chi connectivity index (χ4n) is 5.60. The zero-order chi connectivity index (χ0) is 16.1. The lowest BCUT2D eigenvalue weighted by Gasteiger charge is -2.57. The van der Waals surface area contributed by atoms with E-state index in [2.05, 4.69) is 32.9 Å². The number of hydrogen-bond acceptors (Lipinski definition) is 1. The van der Waals surface area contributed by atoms with Crippen molar-refractivity contribution in [2.75, 3.05) is 0 Å². The van der Waals surface area contributed by atoms with Crippen molar-refractivity contribution in [1.82, 2.24) is 0 Å². The minimum Gasteiger partial charge on any atom is -0.481 e. The summed E-state index contributed by atoms with van der Waals surface area (Å²) < 4.78 is 0. The molecule has 0 aliphatic heterocycles. The van der Waals surface area contributed by atoms with Crippen LogP contribution < -0.4 is 0 Å². The Morgan fingerprint density at radius 2 is 2.05 bits per heavy atom. The second-order valence-corrected chi connectivity index (χ2v) is 8.54. The lowest BCUT2D eigenvalue weighted by atomic mass is 9.47. The number of fused-ring (bicyclic) bond motifs is 3. The van der Waals surface area contributed by atoms with Crippen LogP contribution in [0.1, 0.15) is 66.2 Å². The average Bonchev–Trinajstić information content (AvgIpc) is 2.46. The lowest BCUT2D eigenvalue weighted by molar-refractivity contribution is -0.162. The maximum atomic E-state index is 11.9. The maximum absolute atomic E-state index is 11.9. The van der Waals surface area contributed by atoms with E-state index in [0.717, 1.165) is 19.3 Å². The normalized spacial score (nSPS) is 41.3. The number of hydrogen-bond donors (Lipinski definition) is 1. The molecule has 3 rings (SSSR count). The van der Waals surface area contributed by atoms with Crippen molar-refractivity contribution in [2.24, 2.45) is 28.6 Å². The summed E-state index contributed by atoms with van der Waals surface area (Å²) in [7, 11) is 0. The highest BCUT2D eigenvalue weighted by molar-refractivity contribution is 5.75. The fourth-order valence-corrected chi connectivity index (χ4v) is 5.60. The van der Waals surface area contributed by atoms with Crippen molar-refractivity contribution >= 4 is 5.97 Å². The van der Waals surface area contributed by atoms with Crippen molar-refractivity contribution in [3.8, 4) is 0 Å². The molecule has 0 aromatic heterocycles. The first kappa shape index (κ1) is 15.8. The van der Waals surface area contributed by atoms with Crippen LogP contribution in [0.15, 0.2) is 23.3 Å². The molecule has 1 fully saturated rings. The van der Waals surface area contributed by atoms with Crippen LogP contribution in [0.5, 0.6) is 0 Å². The van der Waals surface area contributed by atoms with Crippen molar-refractivity contribution in [2.45, 2.75) is 66.2 Å². The molecular formula is C20H30O2. The molecule has 22 heavy (non-hydrogen) atoms. The van der Waals surface area contributed by atoms with Crippen molar-refractivity contribution in [1.29, 1.82) is 0 Å². The van der Waals surface area contributed by atoms with Gasteiger partial charge in [-0.05, 0) is 67.8 Å². The number of rotatable bonds is 2. The Morgan fingerprint density at radius 1 is 1.32 bits per heavy atom. The minimum absolute atomic E-state index is 0.161. The summed E-state index contributed by atoms with van der Waals surface area (Å²) in [5.74, 6) is 0.888. The van der Waals surface area contributed by atoms with E-state index in [1.54, 1.807) is 5.57 Å². The van der Waals surface area contributed by atoms with Crippen molar-refractivity contribution < 1.29 is 9.90 Å². The number of carboxylic acid groups (broad SMARTS) is 1. The molecule has 1 saturated carbocycles. The van der Waals surface area contributed by atoms with Gasteiger partial charge in [0.25, 0.3) is 0 Å². The molecule has 0 amide bonds. The van der Waals surface area contributed by atoms with Gasteiger partial charge in [-0.15, -0.1) is 0 Å². The highest BCUT2D eigenvalue weighted by Gasteiger charge is 2.57. The first-order valence-electron chi connectivity index (χ1n) is 8.93. The summed E-state index contributed by atoms with van der Waals surface area (Å²) in [4.78, 5) is 11.9. The van der Waals surface area contributed by atoms with Crippen LogP contribution in [0, 0.1) is 28.6 Å². The van der Waals surface area contributed by atoms with E-state index in [4.69, 9.17) is 0 Å². The number of allylic oxidation sites excluding steroid dienone is 4. The van der Waals surface area contributed by atoms with Gasteiger partial charge in [-0.2, -0.15) is 0 Å². The molecule has 0 saturated heterocycles. The third kappa shape index (κ3) is 2.18. The van der Waals surface area contributed by atoms with Crippen LogP contribution in [-0.4, -0.2) is 11.1 Å². The highest BCUT2D eigenvalue weighted by Crippen LogP contribution is 2.62. The average molecular weight is 302 g/mol. The molecule has 122 valence electrons. The van der Waals surface area contributed by atoms with Gasteiger partial charge in [0.2, 0.25) is 0 Å². The molecular weight excluding hydrogens is 272 g/mol. The molecule has 2 nitrogen and oxygen atoms in total. The molecule has 0 spiro atoms. The van der Waals surface area contributed by atoms with Gasteiger partial charge >= 0.3 is 5.97 Å². The molecule has 0 unspecified atom stereocenters. The Morgan fingerprint density at radius 3 is 2.68 bits per heavy atom. The Hall–Kier alpha value is -1.05. The van der Waals surface area contributed by atoms with Crippen LogP contribution >= 0.6 is 0 Å². The Kier molecular flexibility index (Phi) is 3.78. The zero-order valence-electron chi connectivity index (χ0n) is 14.5. The van der Waals surface area contributed by atoms with Crippen molar-refractivity contribution in [3.63, 3.8) is 0 Å². The van der Waals surface area contributed by atoms with Gasteiger partial charge in [-0.25, -0.2) is 0 Å². The van der Waals surface area contributed by atoms with Crippen LogP contribution in [0.3, 0.4) is 0 Å². The zero-order valence-corrected chi connectivity index (χ0v) is 14.5. The molecule has 0 bridgehead atoms. The summed E-state index contributed by atoms with van der Waals surface area (Å²) >= 11 is 0. The van der Waals surface area contributed by atoms with Gasteiger partial charge in [0.15, 0.2) is 0 Å². The molecule has 0 heterocycles. The van der Waals surface area contributed by atoms with E-state index >= 15 is 0 Å². The van der Waals surface area contributed by atoms with E-state index in [1.165, 1.54) is 24.8 Å². The molecule has 2 heteroatoms. The Labute approximate surface area is 134 Å². The van der Waals surface area contributed by atoms with E-state index < -0.39 is 11.4 Å². The van der Waals surface area contributed by atoms with Gasteiger partial charge in [0.1, 0.15) is 0 Å². The highest BCUT2D eigenvalue weighted by atomic mass is 16.4. The SMILES string of the molecule is CC(C)C1=CC2=CC[C@H]3[C@](C)(CCC[C@]3(C)C(=O)O)[C@H]2CC1. The lowest BCUT2D eigenvalue weighted by Crippen LogP contribution is -2.53. The van der Waals surface area contributed by atoms with Gasteiger partial charge in [0, 0.05) is 0 Å². The van der Waals surface area contributed by atoms with E-state index in [1.807, 2.05) is 6.92 Å². The minimum atomic E-state index is -0.588. The number of carboxylic acids is 1. The third-order valence-corrected chi connectivity index (χ3v) is 7.07. The first-order valence-corrected chi connectivity index (χ1v) is 8.93. The third-order valence-electron chi connectivity index (χ3n) is 7.07. The predicted octanol–water partition coefficient (Wildman–Crippen LogP) is 5.21. The largest absolute Gasteiger partial charge is 0.481 e. The van der Waals surface area contributed by atoms with Crippen LogP contribution in [0.4, 0.5) is 0 Å². The second-order valence-electron chi connectivity index (χ2n) is 8.54. The molecule has 3 aliphatic carbocycles. The topological polar surface area (TPSA) is 37.3 Å². The molecule has 0 aromatic rings. The predicted molar refractivity (Wildman–Crippen MR) is 89.5 cm³/mol. The summed E-state index contributed by atoms with van der Waals surface area (Å²) in [6.07, 6.45) is 11.2. The van der Waals surface area contributed by atoms with Crippen molar-refractivity contribution in [3.05, 3.63) is 23.3 Å². The summed E-state index contributed by atoms with van der Waals surface area (Å²) in [5.41, 5.74) is 2.69. The Bertz CT molecular complexity index is 542. The van der Waals surface area contributed by atoms with E-state index in [0.29, 0.717) is 11.8 Å². The maximum Gasteiger partial charge on any atom is 0.309 e. The molecule has 3 aliphatic rings. The quantitative estimate of drug-likeness (QED) is 0.760. The Balaban J connectivity index is 2.00. The molecule has 0 aromatic carbocycles. The smallest absolute Gasteiger partial charge is 0.309 e. The monoisotopic (exact) mass is 302 g/mol. The van der Waals surface area contributed by atoms with Crippen LogP contribution in [0.2, 0.25) is 0 Å². The number of aliphatic carboxylic acids is 1. The van der Waals surface area contributed by atoms with Gasteiger partial charge < -0.3 is 5.11 Å². The van der Waals surface area contributed by atoms with Gasteiger partial charge in [-0.1, -0.05) is 44.9 Å². The van der Waals surface area contributed by atoms with Gasteiger partial charge in [0.05, 0.1) is 5.41 Å². The molecule has 1 N–H and O–H groups in total. The van der Waals surface area contributed by atoms with Gasteiger partial charge in [-0.3, -0.25) is 4.79 Å². The fraction of sp³-hybridized carbons (Fsp3) is 0.750. The second kappa shape index (κ2) is 5.25. The van der Waals surface area contributed by atoms with Crippen LogP contribution in [-0.2, 0) is 4.79 Å². The van der Waals surface area contributed by atoms with E-state index in [9.17, 15) is 9.90 Å². The number of carbonyl (C=O) groups is 1. The standard InChI is InChI=1S/C20H30O2/c1-13(2)14-6-8-16-15(12-14)7-9-17-19(16,3)10-5-11-20(17,4)18(21)22/h7,12-13,16-17H,5-6,8-11H2,1-4H3,(H,21,22)/t16-,17-,19+,20-/m0/s1.